The van der Waals surface area contributed by atoms with Gasteiger partial charge in [-0.05, 0) is 37.1 Å². The Kier molecular flexibility index (Phi) is 7.45. The van der Waals surface area contributed by atoms with Crippen LogP contribution in [-0.2, 0) is 6.54 Å². The van der Waals surface area contributed by atoms with Gasteiger partial charge < -0.3 is 9.84 Å². The molecule has 0 atom stereocenters. The monoisotopic (exact) mass is 279 g/mol. The number of aromatic hydroxyl groups is 1. The Morgan fingerprint density at radius 2 is 1.85 bits per heavy atom. The number of nitrogens with zero attached hydrogens (tertiary/aromatic N) is 1. The van der Waals surface area contributed by atoms with E-state index >= 15 is 0 Å². The molecule has 3 nitrogen and oxygen atoms in total. The van der Waals surface area contributed by atoms with Gasteiger partial charge in [0.1, 0.15) is 0 Å². The SMILES string of the molecule is CCOc1cc(CN(CC)CC(CC)CC)ccc1O. The summed E-state index contributed by atoms with van der Waals surface area (Å²) in [6.45, 7) is 12.3. The smallest absolute Gasteiger partial charge is 0.161 e. The maximum absolute atomic E-state index is 9.74. The lowest BCUT2D eigenvalue weighted by atomic mass is 10.0. The molecule has 1 rings (SSSR count). The van der Waals surface area contributed by atoms with Crippen molar-refractivity contribution in [2.24, 2.45) is 5.92 Å². The number of hydrogen-bond acceptors (Lipinski definition) is 3. The summed E-state index contributed by atoms with van der Waals surface area (Å²) in [5.74, 6) is 1.57. The first-order valence-corrected chi connectivity index (χ1v) is 7.81. The molecule has 0 unspecified atom stereocenters. The molecule has 0 aliphatic rings. The zero-order chi connectivity index (χ0) is 15.0. The first-order chi connectivity index (χ1) is 9.64. The Labute approximate surface area is 123 Å². The summed E-state index contributed by atoms with van der Waals surface area (Å²) in [4.78, 5) is 2.46. The Morgan fingerprint density at radius 3 is 2.40 bits per heavy atom. The molecule has 1 aromatic carbocycles. The second-order valence-electron chi connectivity index (χ2n) is 5.25. The fraction of sp³-hybridized carbons (Fsp3) is 0.647. The van der Waals surface area contributed by atoms with Gasteiger partial charge in [-0.15, -0.1) is 0 Å². The fourth-order valence-corrected chi connectivity index (χ4v) is 2.40. The van der Waals surface area contributed by atoms with Crippen LogP contribution in [0.15, 0.2) is 18.2 Å². The molecule has 0 aromatic heterocycles. The van der Waals surface area contributed by atoms with E-state index in [1.807, 2.05) is 19.1 Å². The number of phenolic OH excluding ortho intramolecular Hbond substituents is 1. The van der Waals surface area contributed by atoms with E-state index in [0.29, 0.717) is 12.4 Å². The van der Waals surface area contributed by atoms with Crippen LogP contribution < -0.4 is 4.74 Å². The van der Waals surface area contributed by atoms with Crippen molar-refractivity contribution in [3.63, 3.8) is 0 Å². The molecule has 1 aromatic rings. The lowest BCUT2D eigenvalue weighted by Crippen LogP contribution is -2.28. The summed E-state index contributed by atoms with van der Waals surface area (Å²) in [6, 6.07) is 5.66. The topological polar surface area (TPSA) is 32.7 Å². The maximum atomic E-state index is 9.74. The standard InChI is InChI=1S/C17H29NO2/c1-5-14(6-2)12-18(7-3)13-15-9-10-16(19)17(11-15)20-8-4/h9-11,14,19H,5-8,12-13H2,1-4H3. The first-order valence-electron chi connectivity index (χ1n) is 7.81. The number of hydrogen-bond donors (Lipinski definition) is 1. The molecule has 20 heavy (non-hydrogen) atoms. The third kappa shape index (κ3) is 5.04. The Balaban J connectivity index is 2.71. The maximum Gasteiger partial charge on any atom is 0.161 e. The summed E-state index contributed by atoms with van der Waals surface area (Å²) in [6.07, 6.45) is 2.46. The van der Waals surface area contributed by atoms with Crippen LogP contribution in [0.4, 0.5) is 0 Å². The van der Waals surface area contributed by atoms with E-state index in [2.05, 4.69) is 25.7 Å². The number of ether oxygens (including phenoxy) is 1. The van der Waals surface area contributed by atoms with E-state index in [-0.39, 0.29) is 5.75 Å². The van der Waals surface area contributed by atoms with Crippen LogP contribution in [0.5, 0.6) is 11.5 Å². The summed E-state index contributed by atoms with van der Waals surface area (Å²) < 4.78 is 5.45. The highest BCUT2D eigenvalue weighted by atomic mass is 16.5. The molecule has 3 heteroatoms. The van der Waals surface area contributed by atoms with E-state index in [1.54, 1.807) is 6.07 Å². The van der Waals surface area contributed by atoms with Gasteiger partial charge >= 0.3 is 0 Å². The van der Waals surface area contributed by atoms with Gasteiger partial charge in [0, 0.05) is 13.1 Å². The summed E-state index contributed by atoms with van der Waals surface area (Å²) in [5, 5.41) is 9.74. The molecular formula is C17H29NO2. The summed E-state index contributed by atoms with van der Waals surface area (Å²) in [7, 11) is 0. The molecular weight excluding hydrogens is 250 g/mol. The number of phenols is 1. The number of benzene rings is 1. The fourth-order valence-electron chi connectivity index (χ4n) is 2.40. The Morgan fingerprint density at radius 1 is 1.15 bits per heavy atom. The van der Waals surface area contributed by atoms with Crippen molar-refractivity contribution >= 4 is 0 Å². The zero-order valence-corrected chi connectivity index (χ0v) is 13.4. The molecule has 0 aliphatic carbocycles. The third-order valence-corrected chi connectivity index (χ3v) is 3.85. The van der Waals surface area contributed by atoms with E-state index in [9.17, 15) is 5.11 Å². The van der Waals surface area contributed by atoms with Crippen molar-refractivity contribution in [2.45, 2.75) is 47.1 Å². The molecule has 114 valence electrons. The van der Waals surface area contributed by atoms with E-state index in [4.69, 9.17) is 4.74 Å². The Hall–Kier alpha value is -1.22. The van der Waals surface area contributed by atoms with Gasteiger partial charge in [0.15, 0.2) is 11.5 Å². The molecule has 0 radical (unpaired) electrons. The second kappa shape index (κ2) is 8.85. The number of rotatable bonds is 9. The Bertz CT molecular complexity index is 389. The van der Waals surface area contributed by atoms with Gasteiger partial charge in [-0.1, -0.05) is 39.7 Å². The quantitative estimate of drug-likeness (QED) is 0.740. The molecule has 0 fully saturated rings. The lowest BCUT2D eigenvalue weighted by molar-refractivity contribution is 0.225. The minimum atomic E-state index is 0.221. The van der Waals surface area contributed by atoms with Gasteiger partial charge in [0.2, 0.25) is 0 Å². The average Bonchev–Trinajstić information content (AvgIpc) is 2.47. The van der Waals surface area contributed by atoms with Crippen LogP contribution in [0.3, 0.4) is 0 Å². The molecule has 0 spiro atoms. The molecule has 0 saturated heterocycles. The van der Waals surface area contributed by atoms with Crippen LogP contribution in [0.25, 0.3) is 0 Å². The normalized spacial score (nSPS) is 11.3. The van der Waals surface area contributed by atoms with Gasteiger partial charge in [-0.3, -0.25) is 4.90 Å². The predicted octanol–water partition coefficient (Wildman–Crippen LogP) is 4.05. The van der Waals surface area contributed by atoms with Crippen molar-refractivity contribution in [3.05, 3.63) is 23.8 Å². The molecule has 0 aliphatic heterocycles. The van der Waals surface area contributed by atoms with E-state index in [1.165, 1.54) is 18.4 Å². The van der Waals surface area contributed by atoms with Crippen molar-refractivity contribution < 1.29 is 9.84 Å². The minimum Gasteiger partial charge on any atom is -0.504 e. The summed E-state index contributed by atoms with van der Waals surface area (Å²) in [5.41, 5.74) is 1.19. The van der Waals surface area contributed by atoms with Crippen molar-refractivity contribution in [1.82, 2.24) is 4.90 Å². The van der Waals surface area contributed by atoms with Crippen LogP contribution in [-0.4, -0.2) is 29.7 Å². The van der Waals surface area contributed by atoms with Crippen LogP contribution in [0.2, 0.25) is 0 Å². The highest BCUT2D eigenvalue weighted by Gasteiger charge is 2.11. The minimum absolute atomic E-state index is 0.221. The third-order valence-electron chi connectivity index (χ3n) is 3.85. The molecule has 1 N–H and O–H groups in total. The highest BCUT2D eigenvalue weighted by molar-refractivity contribution is 5.41. The predicted molar refractivity (Wildman–Crippen MR) is 84.3 cm³/mol. The van der Waals surface area contributed by atoms with Crippen molar-refractivity contribution in [3.8, 4) is 11.5 Å². The van der Waals surface area contributed by atoms with E-state index < -0.39 is 0 Å². The molecule has 0 amide bonds. The van der Waals surface area contributed by atoms with Gasteiger partial charge in [0.05, 0.1) is 6.61 Å². The lowest BCUT2D eigenvalue weighted by Gasteiger charge is -2.25. The van der Waals surface area contributed by atoms with Crippen LogP contribution >= 0.6 is 0 Å². The molecule has 0 heterocycles. The van der Waals surface area contributed by atoms with Gasteiger partial charge in [0.25, 0.3) is 0 Å². The van der Waals surface area contributed by atoms with E-state index in [0.717, 1.165) is 25.6 Å². The summed E-state index contributed by atoms with van der Waals surface area (Å²) >= 11 is 0. The average molecular weight is 279 g/mol. The molecule has 0 saturated carbocycles. The van der Waals surface area contributed by atoms with Gasteiger partial charge in [-0.25, -0.2) is 0 Å². The van der Waals surface area contributed by atoms with Crippen molar-refractivity contribution in [2.75, 3.05) is 19.7 Å². The zero-order valence-electron chi connectivity index (χ0n) is 13.4. The van der Waals surface area contributed by atoms with Crippen LogP contribution in [0, 0.1) is 5.92 Å². The van der Waals surface area contributed by atoms with Crippen LogP contribution in [0.1, 0.15) is 46.1 Å². The first kappa shape index (κ1) is 16.8. The molecule has 0 bridgehead atoms. The van der Waals surface area contributed by atoms with Crippen molar-refractivity contribution in [1.29, 1.82) is 0 Å². The largest absolute Gasteiger partial charge is 0.504 e. The highest BCUT2D eigenvalue weighted by Crippen LogP contribution is 2.27. The van der Waals surface area contributed by atoms with Gasteiger partial charge in [-0.2, -0.15) is 0 Å². The second-order valence-corrected chi connectivity index (χ2v) is 5.25.